The molecule has 0 radical (unpaired) electrons. The summed E-state index contributed by atoms with van der Waals surface area (Å²) in [4.78, 5) is 2.59. The first-order valence-corrected chi connectivity index (χ1v) is 24.2. The van der Waals surface area contributed by atoms with E-state index in [-0.39, 0.29) is 16.2 Å². The van der Waals surface area contributed by atoms with Gasteiger partial charge >= 0.3 is 0 Å². The van der Waals surface area contributed by atoms with Crippen molar-refractivity contribution in [2.24, 2.45) is 0 Å². The van der Waals surface area contributed by atoms with Crippen LogP contribution in [0.15, 0.2) is 212 Å². The van der Waals surface area contributed by atoms with Crippen LogP contribution in [0.3, 0.4) is 0 Å². The molecule has 0 atom stereocenters. The van der Waals surface area contributed by atoms with Crippen LogP contribution in [0.25, 0.3) is 44.5 Å². The van der Waals surface area contributed by atoms with Gasteiger partial charge in [-0.15, -0.1) is 0 Å². The summed E-state index contributed by atoms with van der Waals surface area (Å²) >= 11 is 0. The Morgan fingerprint density at radius 2 is 0.836 bits per heavy atom. The maximum Gasteiger partial charge on any atom is 0.0714 e. The molecule has 9 aromatic carbocycles. The van der Waals surface area contributed by atoms with Gasteiger partial charge in [0.25, 0.3) is 0 Å². The van der Waals surface area contributed by atoms with E-state index < -0.39 is 5.41 Å². The molecule has 0 aliphatic heterocycles. The molecule has 0 amide bonds. The topological polar surface area (TPSA) is 3.24 Å². The van der Waals surface area contributed by atoms with Crippen molar-refractivity contribution in [2.45, 2.75) is 76.0 Å². The zero-order valence-corrected chi connectivity index (χ0v) is 39.6. The van der Waals surface area contributed by atoms with Crippen LogP contribution in [0.1, 0.15) is 98.9 Å². The average molecular weight is 864 g/mol. The average Bonchev–Trinajstić information content (AvgIpc) is 3.78. The van der Waals surface area contributed by atoms with E-state index in [4.69, 9.17) is 0 Å². The van der Waals surface area contributed by atoms with Gasteiger partial charge in [0.2, 0.25) is 0 Å². The van der Waals surface area contributed by atoms with Crippen LogP contribution in [0.5, 0.6) is 0 Å². The summed E-state index contributed by atoms with van der Waals surface area (Å²) < 4.78 is 0. The van der Waals surface area contributed by atoms with Gasteiger partial charge in [-0.25, -0.2) is 0 Å². The van der Waals surface area contributed by atoms with Crippen molar-refractivity contribution in [1.82, 2.24) is 0 Å². The summed E-state index contributed by atoms with van der Waals surface area (Å²) in [6.45, 7) is 14.6. The Hall–Kier alpha value is -7.22. The molecule has 1 heteroatoms. The highest BCUT2D eigenvalue weighted by Crippen LogP contribution is 2.61. The smallest absolute Gasteiger partial charge is 0.0714 e. The molecule has 0 N–H and O–H groups in total. The molecule has 0 aromatic heterocycles. The summed E-state index contributed by atoms with van der Waals surface area (Å²) in [6, 6.07) is 80.4. The van der Waals surface area contributed by atoms with E-state index in [1.54, 1.807) is 0 Å². The first-order chi connectivity index (χ1) is 32.5. The molecule has 12 rings (SSSR count). The minimum Gasteiger partial charge on any atom is -0.310 e. The third-order valence-electron chi connectivity index (χ3n) is 16.0. The zero-order chi connectivity index (χ0) is 45.7. The summed E-state index contributed by atoms with van der Waals surface area (Å²) in [5.41, 5.74) is 23.8. The van der Waals surface area contributed by atoms with E-state index in [2.05, 4.69) is 259 Å². The second-order valence-corrected chi connectivity index (χ2v) is 21.1. The van der Waals surface area contributed by atoms with E-state index in [9.17, 15) is 0 Å². The minimum absolute atomic E-state index is 0.0288. The van der Waals surface area contributed by atoms with Gasteiger partial charge in [-0.1, -0.05) is 217 Å². The van der Waals surface area contributed by atoms with E-state index in [0.717, 1.165) is 24.2 Å². The largest absolute Gasteiger partial charge is 0.310 e. The Morgan fingerprint density at radius 3 is 1.51 bits per heavy atom. The molecule has 3 aliphatic carbocycles. The molecule has 0 bridgehead atoms. The molecule has 0 saturated carbocycles. The standard InChI is InChI=1S/C66H57N/c1-63(2)39-40-64(3,4)62-53(29-20-32-58(62)63)55-42-54-51-28-17-19-31-57(51)66(46-23-12-8-13-24-46,47-25-14-9-15-26-47)60(54)43-61(55)67(48-35-33-45(34-36-48)44-21-10-7-11-22-44)49-37-38-52-50-27-16-18-30-56(50)65(5,6)59(52)41-49/h7-38,41-43H,39-40H2,1-6H3. The van der Waals surface area contributed by atoms with Crippen LogP contribution >= 0.6 is 0 Å². The number of fused-ring (bicyclic) bond motifs is 7. The second-order valence-electron chi connectivity index (χ2n) is 21.1. The Morgan fingerprint density at radius 1 is 0.328 bits per heavy atom. The van der Waals surface area contributed by atoms with Gasteiger partial charge in [-0.3, -0.25) is 0 Å². The first-order valence-electron chi connectivity index (χ1n) is 24.2. The normalized spacial score (nSPS) is 16.3. The highest BCUT2D eigenvalue weighted by molar-refractivity contribution is 5.98. The molecule has 0 heterocycles. The van der Waals surface area contributed by atoms with Gasteiger partial charge in [0.05, 0.1) is 11.1 Å². The fraction of sp³-hybridized carbons (Fsp3) is 0.182. The van der Waals surface area contributed by atoms with Crippen molar-refractivity contribution in [3.05, 3.63) is 257 Å². The Bertz CT molecular complexity index is 3310. The molecule has 67 heavy (non-hydrogen) atoms. The molecule has 1 nitrogen and oxygen atoms in total. The molecular formula is C66H57N. The SMILES string of the molecule is CC1(C)CCC(C)(C)c2c(-c3cc4c(cc3N(c3ccc(-c5ccccc5)cc3)c3ccc5c(c3)C(C)(C)c3ccccc3-5)C(c3ccccc3)(c3ccccc3)c3ccccc3-4)cccc21. The van der Waals surface area contributed by atoms with Gasteiger partial charge in [0, 0.05) is 22.4 Å². The maximum atomic E-state index is 2.60. The molecule has 0 spiro atoms. The first kappa shape index (κ1) is 41.2. The lowest BCUT2D eigenvalue weighted by molar-refractivity contribution is 0.333. The fourth-order valence-electron chi connectivity index (χ4n) is 12.5. The third-order valence-corrected chi connectivity index (χ3v) is 16.0. The minimum atomic E-state index is -0.566. The van der Waals surface area contributed by atoms with Crippen LogP contribution in [0, 0.1) is 0 Å². The van der Waals surface area contributed by atoms with Crippen molar-refractivity contribution in [1.29, 1.82) is 0 Å². The van der Waals surface area contributed by atoms with Crippen LogP contribution in [-0.4, -0.2) is 0 Å². The van der Waals surface area contributed by atoms with Gasteiger partial charge in [0.15, 0.2) is 0 Å². The predicted molar refractivity (Wildman–Crippen MR) is 282 cm³/mol. The van der Waals surface area contributed by atoms with Crippen LogP contribution in [0.2, 0.25) is 0 Å². The van der Waals surface area contributed by atoms with Gasteiger partial charge < -0.3 is 4.90 Å². The molecular weight excluding hydrogens is 807 g/mol. The van der Waals surface area contributed by atoms with Crippen LogP contribution in [0.4, 0.5) is 17.1 Å². The molecule has 3 aliphatic rings. The molecule has 0 saturated heterocycles. The van der Waals surface area contributed by atoms with E-state index >= 15 is 0 Å². The van der Waals surface area contributed by atoms with Crippen LogP contribution < -0.4 is 4.90 Å². The fourth-order valence-corrected chi connectivity index (χ4v) is 12.5. The number of rotatable bonds is 7. The van der Waals surface area contributed by atoms with Crippen molar-refractivity contribution in [3.8, 4) is 44.5 Å². The summed E-state index contributed by atoms with van der Waals surface area (Å²) in [5.74, 6) is 0. The highest BCUT2D eigenvalue weighted by Gasteiger charge is 2.48. The van der Waals surface area contributed by atoms with Crippen molar-refractivity contribution < 1.29 is 0 Å². The molecule has 9 aromatic rings. The lowest BCUT2D eigenvalue weighted by atomic mass is 9.61. The predicted octanol–water partition coefficient (Wildman–Crippen LogP) is 17.5. The summed E-state index contributed by atoms with van der Waals surface area (Å²) in [6.07, 6.45) is 2.29. The van der Waals surface area contributed by atoms with Crippen molar-refractivity contribution >= 4 is 17.1 Å². The molecule has 0 fully saturated rings. The summed E-state index contributed by atoms with van der Waals surface area (Å²) in [5, 5.41) is 0. The van der Waals surface area contributed by atoms with E-state index in [1.165, 1.54) is 94.7 Å². The Kier molecular flexibility index (Phi) is 9.33. The number of hydrogen-bond acceptors (Lipinski definition) is 1. The Balaban J connectivity index is 1.22. The monoisotopic (exact) mass is 863 g/mol. The lowest BCUT2D eigenvalue weighted by Crippen LogP contribution is -2.34. The van der Waals surface area contributed by atoms with Gasteiger partial charge in [-0.05, 0) is 144 Å². The highest BCUT2D eigenvalue weighted by atomic mass is 15.1. The van der Waals surface area contributed by atoms with E-state index in [0.29, 0.717) is 0 Å². The van der Waals surface area contributed by atoms with E-state index in [1.807, 2.05) is 0 Å². The van der Waals surface area contributed by atoms with Gasteiger partial charge in [-0.2, -0.15) is 0 Å². The third kappa shape index (κ3) is 6.20. The molecule has 0 unspecified atom stereocenters. The number of nitrogens with zero attached hydrogens (tertiary/aromatic N) is 1. The number of anilines is 3. The maximum absolute atomic E-state index is 2.60. The summed E-state index contributed by atoms with van der Waals surface area (Å²) in [7, 11) is 0. The van der Waals surface area contributed by atoms with Crippen LogP contribution in [-0.2, 0) is 21.7 Å². The number of hydrogen-bond donors (Lipinski definition) is 0. The number of benzene rings is 9. The zero-order valence-electron chi connectivity index (χ0n) is 39.6. The van der Waals surface area contributed by atoms with Crippen molar-refractivity contribution in [2.75, 3.05) is 4.90 Å². The molecule has 326 valence electrons. The lowest BCUT2D eigenvalue weighted by Gasteiger charge is -2.43. The van der Waals surface area contributed by atoms with Crippen molar-refractivity contribution in [3.63, 3.8) is 0 Å². The Labute approximate surface area is 397 Å². The van der Waals surface area contributed by atoms with Gasteiger partial charge in [0.1, 0.15) is 0 Å². The quantitative estimate of drug-likeness (QED) is 0.154. The second kappa shape index (κ2) is 15.2.